The zero-order chi connectivity index (χ0) is 14.8. The summed E-state index contributed by atoms with van der Waals surface area (Å²) in [6.07, 6.45) is 2.41. The number of benzene rings is 2. The van der Waals surface area contributed by atoms with Gasteiger partial charge in [0.05, 0.1) is 0 Å². The highest BCUT2D eigenvalue weighted by molar-refractivity contribution is 5.57. The van der Waals surface area contributed by atoms with Gasteiger partial charge < -0.3 is 15.3 Å². The van der Waals surface area contributed by atoms with Crippen molar-refractivity contribution in [3.8, 4) is 5.75 Å². The van der Waals surface area contributed by atoms with E-state index in [1.165, 1.54) is 29.7 Å². The molecule has 21 heavy (non-hydrogen) atoms. The summed E-state index contributed by atoms with van der Waals surface area (Å²) in [5, 5.41) is 12.9. The summed E-state index contributed by atoms with van der Waals surface area (Å²) in [5.41, 5.74) is 6.25. The second kappa shape index (κ2) is 5.68. The van der Waals surface area contributed by atoms with Crippen molar-refractivity contribution in [1.29, 1.82) is 0 Å². The van der Waals surface area contributed by atoms with E-state index < -0.39 is 0 Å². The molecule has 0 saturated carbocycles. The van der Waals surface area contributed by atoms with Crippen molar-refractivity contribution in [3.63, 3.8) is 0 Å². The number of nitrogens with one attached hydrogen (secondary N) is 1. The molecule has 0 unspecified atom stereocenters. The Balaban J connectivity index is 1.73. The van der Waals surface area contributed by atoms with E-state index in [-0.39, 0.29) is 0 Å². The van der Waals surface area contributed by atoms with Crippen LogP contribution in [-0.4, -0.2) is 18.7 Å². The first-order valence-electron chi connectivity index (χ1n) is 7.50. The van der Waals surface area contributed by atoms with Crippen LogP contribution in [0.3, 0.4) is 0 Å². The minimum Gasteiger partial charge on any atom is -0.508 e. The summed E-state index contributed by atoms with van der Waals surface area (Å²) >= 11 is 0. The number of phenols is 1. The first-order chi connectivity index (χ1) is 10.1. The van der Waals surface area contributed by atoms with Crippen LogP contribution < -0.4 is 10.2 Å². The van der Waals surface area contributed by atoms with Crippen molar-refractivity contribution in [3.05, 3.63) is 53.1 Å². The Labute approximate surface area is 126 Å². The largest absolute Gasteiger partial charge is 0.508 e. The van der Waals surface area contributed by atoms with E-state index in [1.807, 2.05) is 13.0 Å². The average molecular weight is 282 g/mol. The normalized spacial score (nSPS) is 13.9. The number of rotatable bonds is 3. The van der Waals surface area contributed by atoms with Crippen LogP contribution in [0.2, 0.25) is 0 Å². The molecule has 0 fully saturated rings. The third-order valence-electron chi connectivity index (χ3n) is 4.19. The van der Waals surface area contributed by atoms with Crippen molar-refractivity contribution in [2.45, 2.75) is 26.3 Å². The van der Waals surface area contributed by atoms with E-state index in [1.54, 1.807) is 12.1 Å². The molecule has 2 N–H and O–H groups in total. The maximum atomic E-state index is 9.45. The van der Waals surface area contributed by atoms with E-state index in [0.717, 1.165) is 24.3 Å². The van der Waals surface area contributed by atoms with E-state index in [2.05, 4.69) is 35.5 Å². The van der Waals surface area contributed by atoms with Crippen LogP contribution in [0.25, 0.3) is 0 Å². The summed E-state index contributed by atoms with van der Waals surface area (Å²) in [4.78, 5) is 2.33. The molecule has 0 saturated heterocycles. The van der Waals surface area contributed by atoms with Gasteiger partial charge in [-0.05, 0) is 60.7 Å². The summed E-state index contributed by atoms with van der Waals surface area (Å²) in [6, 6.07) is 12.2. The van der Waals surface area contributed by atoms with E-state index in [4.69, 9.17) is 0 Å². The third-order valence-corrected chi connectivity index (χ3v) is 4.19. The number of nitrogens with zero attached hydrogens (tertiary/aromatic N) is 1. The van der Waals surface area contributed by atoms with Crippen LogP contribution in [-0.2, 0) is 13.0 Å². The number of hydrogen-bond donors (Lipinski definition) is 2. The molecule has 0 aromatic heterocycles. The first-order valence-corrected chi connectivity index (χ1v) is 7.50. The predicted octanol–water partition coefficient (Wildman–Crippen LogP) is 3.70. The van der Waals surface area contributed by atoms with E-state index in [9.17, 15) is 5.11 Å². The fourth-order valence-corrected chi connectivity index (χ4v) is 2.99. The fraction of sp³-hybridized carbons (Fsp3) is 0.333. The molecule has 1 aliphatic heterocycles. The highest BCUT2D eigenvalue weighted by Gasteiger charge is 2.13. The molecule has 0 radical (unpaired) electrons. The molecule has 2 aromatic carbocycles. The van der Waals surface area contributed by atoms with E-state index >= 15 is 0 Å². The van der Waals surface area contributed by atoms with E-state index in [0.29, 0.717) is 5.75 Å². The van der Waals surface area contributed by atoms with Crippen molar-refractivity contribution in [2.24, 2.45) is 0 Å². The van der Waals surface area contributed by atoms with Gasteiger partial charge in [-0.3, -0.25) is 0 Å². The van der Waals surface area contributed by atoms with Gasteiger partial charge in [-0.25, -0.2) is 0 Å². The Morgan fingerprint density at radius 1 is 1.19 bits per heavy atom. The Kier molecular flexibility index (Phi) is 3.74. The van der Waals surface area contributed by atoms with Crippen molar-refractivity contribution in [1.82, 2.24) is 0 Å². The number of anilines is 2. The van der Waals surface area contributed by atoms with Crippen LogP contribution >= 0.6 is 0 Å². The molecule has 2 aromatic rings. The summed E-state index contributed by atoms with van der Waals surface area (Å²) in [7, 11) is 2.16. The zero-order valence-corrected chi connectivity index (χ0v) is 12.7. The average Bonchev–Trinajstić information content (AvgIpc) is 2.46. The van der Waals surface area contributed by atoms with Gasteiger partial charge in [-0.15, -0.1) is 0 Å². The van der Waals surface area contributed by atoms with Gasteiger partial charge in [0, 0.05) is 31.5 Å². The minimum absolute atomic E-state index is 0.315. The lowest BCUT2D eigenvalue weighted by atomic mass is 9.99. The molecule has 3 heteroatoms. The van der Waals surface area contributed by atoms with Gasteiger partial charge in [0.15, 0.2) is 0 Å². The molecule has 0 atom stereocenters. The molecule has 0 amide bonds. The summed E-state index contributed by atoms with van der Waals surface area (Å²) in [5.74, 6) is 0.315. The smallest absolute Gasteiger partial charge is 0.115 e. The lowest BCUT2D eigenvalue weighted by Crippen LogP contribution is -2.24. The zero-order valence-electron chi connectivity index (χ0n) is 12.7. The molecule has 0 bridgehead atoms. The van der Waals surface area contributed by atoms with Crippen LogP contribution in [0.4, 0.5) is 11.4 Å². The second-order valence-corrected chi connectivity index (χ2v) is 5.84. The monoisotopic (exact) mass is 282 g/mol. The molecule has 1 heterocycles. The van der Waals surface area contributed by atoms with Crippen LogP contribution in [0.5, 0.6) is 5.75 Å². The maximum absolute atomic E-state index is 9.45. The van der Waals surface area contributed by atoms with Crippen LogP contribution in [0.15, 0.2) is 36.4 Å². The Hall–Kier alpha value is -2.16. The van der Waals surface area contributed by atoms with Gasteiger partial charge >= 0.3 is 0 Å². The Morgan fingerprint density at radius 3 is 2.86 bits per heavy atom. The van der Waals surface area contributed by atoms with Crippen molar-refractivity contribution < 1.29 is 5.11 Å². The maximum Gasteiger partial charge on any atom is 0.115 e. The first kappa shape index (κ1) is 13.8. The Morgan fingerprint density at radius 2 is 2.05 bits per heavy atom. The number of hydrogen-bond acceptors (Lipinski definition) is 3. The molecule has 1 aliphatic rings. The lowest BCUT2D eigenvalue weighted by molar-refractivity contribution is 0.475. The molecular weight excluding hydrogens is 260 g/mol. The molecular formula is C18H22N2O. The van der Waals surface area contributed by atoms with Crippen molar-refractivity contribution in [2.75, 3.05) is 23.8 Å². The van der Waals surface area contributed by atoms with Gasteiger partial charge in [0.2, 0.25) is 0 Å². The van der Waals surface area contributed by atoms with Gasteiger partial charge in [0.1, 0.15) is 5.75 Å². The van der Waals surface area contributed by atoms with Crippen molar-refractivity contribution >= 4 is 11.4 Å². The summed E-state index contributed by atoms with van der Waals surface area (Å²) < 4.78 is 0. The molecule has 3 nitrogen and oxygen atoms in total. The molecule has 3 rings (SSSR count). The fourth-order valence-electron chi connectivity index (χ4n) is 2.99. The number of phenolic OH excluding ortho intramolecular Hbond substituents is 1. The second-order valence-electron chi connectivity index (χ2n) is 5.84. The highest BCUT2D eigenvalue weighted by Crippen LogP contribution is 2.27. The Bertz CT molecular complexity index is 652. The molecule has 110 valence electrons. The minimum atomic E-state index is 0.315. The lowest BCUT2D eigenvalue weighted by Gasteiger charge is -2.28. The summed E-state index contributed by atoms with van der Waals surface area (Å²) in [6.45, 7) is 3.96. The van der Waals surface area contributed by atoms with Gasteiger partial charge in [-0.1, -0.05) is 12.1 Å². The van der Waals surface area contributed by atoms with Gasteiger partial charge in [0.25, 0.3) is 0 Å². The predicted molar refractivity (Wildman–Crippen MR) is 88.2 cm³/mol. The topological polar surface area (TPSA) is 35.5 Å². The third kappa shape index (κ3) is 2.97. The number of aryl methyl sites for hydroxylation is 2. The quantitative estimate of drug-likeness (QED) is 0.843. The van der Waals surface area contributed by atoms with Crippen LogP contribution in [0.1, 0.15) is 23.1 Å². The SMILES string of the molecule is Cc1cc(O)ccc1NCc1ccc2c(c1)CCCN2C. The van der Waals surface area contributed by atoms with Gasteiger partial charge in [-0.2, -0.15) is 0 Å². The standard InChI is InChI=1S/C18H22N2O/c1-13-10-16(21)6-7-17(13)19-12-14-5-8-18-15(11-14)4-3-9-20(18)2/h5-8,10-11,19,21H,3-4,9,12H2,1-2H3. The van der Waals surface area contributed by atoms with Crippen LogP contribution in [0, 0.1) is 6.92 Å². The highest BCUT2D eigenvalue weighted by atomic mass is 16.3. The molecule has 0 aliphatic carbocycles. The number of aromatic hydroxyl groups is 1. The number of fused-ring (bicyclic) bond motifs is 1. The molecule has 0 spiro atoms.